The third-order valence-corrected chi connectivity index (χ3v) is 5.41. The van der Waals surface area contributed by atoms with E-state index in [4.69, 9.17) is 4.74 Å². The highest BCUT2D eigenvalue weighted by Gasteiger charge is 2.37. The Labute approximate surface area is 133 Å². The number of rotatable bonds is 3. The summed E-state index contributed by atoms with van der Waals surface area (Å²) in [6.45, 7) is 5.22. The highest BCUT2D eigenvalue weighted by atomic mass is 16.6. The molecule has 3 rings (SSSR count). The second kappa shape index (κ2) is 6.99. The van der Waals surface area contributed by atoms with Crippen LogP contribution in [0.4, 0.5) is 0 Å². The zero-order valence-electron chi connectivity index (χ0n) is 13.6. The fourth-order valence-electron chi connectivity index (χ4n) is 4.12. The van der Waals surface area contributed by atoms with Crippen LogP contribution in [0.5, 0.6) is 0 Å². The highest BCUT2D eigenvalue weighted by molar-refractivity contribution is 5.78. The third-order valence-electron chi connectivity index (χ3n) is 5.41. The van der Waals surface area contributed by atoms with E-state index < -0.39 is 0 Å². The number of nitrogens with zero attached hydrogens (tertiary/aromatic N) is 2. The van der Waals surface area contributed by atoms with Gasteiger partial charge in [0.25, 0.3) is 0 Å². The summed E-state index contributed by atoms with van der Waals surface area (Å²) in [5.41, 5.74) is 0. The zero-order chi connectivity index (χ0) is 15.5. The van der Waals surface area contributed by atoms with E-state index in [1.165, 1.54) is 25.7 Å². The summed E-state index contributed by atoms with van der Waals surface area (Å²) in [6.07, 6.45) is 7.50. The summed E-state index contributed by atoms with van der Waals surface area (Å²) in [7, 11) is 0. The molecule has 1 saturated carbocycles. The monoisotopic (exact) mass is 308 g/mol. The van der Waals surface area contributed by atoms with E-state index in [0.717, 1.165) is 45.4 Å². The molecule has 0 aromatic carbocycles. The van der Waals surface area contributed by atoms with Crippen molar-refractivity contribution in [2.75, 3.05) is 26.2 Å². The first-order chi connectivity index (χ1) is 10.6. The molecule has 2 aliphatic heterocycles. The van der Waals surface area contributed by atoms with Crippen molar-refractivity contribution in [1.82, 2.24) is 9.80 Å². The number of esters is 1. The maximum absolute atomic E-state index is 12.5. The number of ether oxygens (including phenoxy) is 1. The van der Waals surface area contributed by atoms with Crippen molar-refractivity contribution in [2.45, 2.75) is 64.0 Å². The molecule has 2 heterocycles. The fraction of sp³-hybridized carbons (Fsp3) is 0.882. The summed E-state index contributed by atoms with van der Waals surface area (Å²) in [5.74, 6) is 0.840. The molecule has 0 aromatic rings. The smallest absolute Gasteiger partial charge is 0.323 e. The van der Waals surface area contributed by atoms with Crippen molar-refractivity contribution in [2.24, 2.45) is 5.92 Å². The van der Waals surface area contributed by atoms with Crippen LogP contribution in [-0.2, 0) is 14.3 Å². The van der Waals surface area contributed by atoms with Gasteiger partial charge in [0.15, 0.2) is 0 Å². The van der Waals surface area contributed by atoms with Gasteiger partial charge in [0.1, 0.15) is 12.1 Å². The third kappa shape index (κ3) is 3.62. The molecule has 2 saturated heterocycles. The number of carbonyl (C=O) groups excluding carboxylic acids is 2. The molecule has 1 aliphatic carbocycles. The predicted molar refractivity (Wildman–Crippen MR) is 83.3 cm³/mol. The van der Waals surface area contributed by atoms with Gasteiger partial charge in [0.05, 0.1) is 0 Å². The molecule has 0 N–H and O–H groups in total. The Kier molecular flexibility index (Phi) is 5.01. The van der Waals surface area contributed by atoms with Crippen LogP contribution < -0.4 is 0 Å². The first kappa shape index (κ1) is 15.8. The van der Waals surface area contributed by atoms with Crippen LogP contribution in [0.1, 0.15) is 51.9 Å². The second-order valence-corrected chi connectivity index (χ2v) is 7.12. The SMILES string of the molecule is C[C@@H]1C[C@@H](N2CCCN(C(=O)CC3CCCC3)CC2)C(=O)O1. The number of cyclic esters (lactones) is 1. The average Bonchev–Trinajstić information content (AvgIpc) is 3.02. The minimum atomic E-state index is -0.0973. The van der Waals surface area contributed by atoms with Crippen LogP contribution in [0.15, 0.2) is 0 Å². The molecular weight excluding hydrogens is 280 g/mol. The lowest BCUT2D eigenvalue weighted by Gasteiger charge is -2.25. The molecular formula is C17H28N2O3. The van der Waals surface area contributed by atoms with Crippen molar-refractivity contribution in [3.8, 4) is 0 Å². The molecule has 5 heteroatoms. The van der Waals surface area contributed by atoms with Crippen LogP contribution >= 0.6 is 0 Å². The molecule has 2 atom stereocenters. The van der Waals surface area contributed by atoms with Crippen LogP contribution in [0.3, 0.4) is 0 Å². The Morgan fingerprint density at radius 1 is 1.14 bits per heavy atom. The van der Waals surface area contributed by atoms with Crippen molar-refractivity contribution in [1.29, 1.82) is 0 Å². The number of hydrogen-bond acceptors (Lipinski definition) is 4. The molecule has 22 heavy (non-hydrogen) atoms. The van der Waals surface area contributed by atoms with E-state index >= 15 is 0 Å². The lowest BCUT2D eigenvalue weighted by atomic mass is 10.0. The fourth-order valence-corrected chi connectivity index (χ4v) is 4.12. The van der Waals surface area contributed by atoms with Gasteiger partial charge in [-0.05, 0) is 32.1 Å². The standard InChI is InChI=1S/C17H28N2O3/c1-13-11-15(17(21)22-13)18-7-4-8-19(10-9-18)16(20)12-14-5-2-3-6-14/h13-15H,2-12H2,1H3/t13-,15-/m1/s1. The minimum Gasteiger partial charge on any atom is -0.461 e. The van der Waals surface area contributed by atoms with Gasteiger partial charge in [0, 0.05) is 39.0 Å². The molecule has 5 nitrogen and oxygen atoms in total. The van der Waals surface area contributed by atoms with Crippen LogP contribution in [-0.4, -0.2) is 60.0 Å². The van der Waals surface area contributed by atoms with Gasteiger partial charge >= 0.3 is 5.97 Å². The van der Waals surface area contributed by atoms with Gasteiger partial charge in [-0.25, -0.2) is 0 Å². The lowest BCUT2D eigenvalue weighted by Crippen LogP contribution is -2.41. The first-order valence-electron chi connectivity index (χ1n) is 8.86. The number of amides is 1. The number of carbonyl (C=O) groups is 2. The molecule has 0 spiro atoms. The minimum absolute atomic E-state index is 0.0286. The summed E-state index contributed by atoms with van der Waals surface area (Å²) >= 11 is 0. The summed E-state index contributed by atoms with van der Waals surface area (Å²) in [4.78, 5) is 28.6. The zero-order valence-corrected chi connectivity index (χ0v) is 13.6. The average molecular weight is 308 g/mol. The van der Waals surface area contributed by atoms with E-state index in [0.29, 0.717) is 11.8 Å². The van der Waals surface area contributed by atoms with Gasteiger partial charge in [0.2, 0.25) is 5.91 Å². The van der Waals surface area contributed by atoms with Gasteiger partial charge in [-0.1, -0.05) is 12.8 Å². The van der Waals surface area contributed by atoms with Crippen LogP contribution in [0.25, 0.3) is 0 Å². The van der Waals surface area contributed by atoms with E-state index in [1.807, 2.05) is 11.8 Å². The number of hydrogen-bond donors (Lipinski definition) is 0. The van der Waals surface area contributed by atoms with Gasteiger partial charge in [-0.15, -0.1) is 0 Å². The Balaban J connectivity index is 1.51. The molecule has 1 amide bonds. The highest BCUT2D eigenvalue weighted by Crippen LogP contribution is 2.28. The topological polar surface area (TPSA) is 49.9 Å². The molecule has 3 fully saturated rings. The van der Waals surface area contributed by atoms with Gasteiger partial charge in [-0.2, -0.15) is 0 Å². The quantitative estimate of drug-likeness (QED) is 0.746. The first-order valence-corrected chi connectivity index (χ1v) is 8.86. The van der Waals surface area contributed by atoms with Crippen LogP contribution in [0, 0.1) is 5.92 Å². The van der Waals surface area contributed by atoms with Gasteiger partial charge < -0.3 is 9.64 Å². The molecule has 0 unspecified atom stereocenters. The van der Waals surface area contributed by atoms with Crippen molar-refractivity contribution in [3.05, 3.63) is 0 Å². The molecule has 0 radical (unpaired) electrons. The lowest BCUT2D eigenvalue weighted by molar-refractivity contribution is -0.144. The van der Waals surface area contributed by atoms with E-state index in [1.54, 1.807) is 0 Å². The summed E-state index contributed by atoms with van der Waals surface area (Å²) < 4.78 is 5.27. The Morgan fingerprint density at radius 3 is 2.59 bits per heavy atom. The van der Waals surface area contributed by atoms with Crippen molar-refractivity contribution in [3.63, 3.8) is 0 Å². The Hall–Kier alpha value is -1.10. The summed E-state index contributed by atoms with van der Waals surface area (Å²) in [6, 6.07) is -0.0973. The largest absolute Gasteiger partial charge is 0.461 e. The Bertz CT molecular complexity index is 420. The van der Waals surface area contributed by atoms with Crippen molar-refractivity contribution < 1.29 is 14.3 Å². The van der Waals surface area contributed by atoms with E-state index in [2.05, 4.69) is 4.90 Å². The molecule has 0 bridgehead atoms. The maximum Gasteiger partial charge on any atom is 0.323 e. The normalized spacial score (nSPS) is 31.3. The molecule has 3 aliphatic rings. The second-order valence-electron chi connectivity index (χ2n) is 7.12. The van der Waals surface area contributed by atoms with Crippen molar-refractivity contribution >= 4 is 11.9 Å². The van der Waals surface area contributed by atoms with Gasteiger partial charge in [-0.3, -0.25) is 14.5 Å². The Morgan fingerprint density at radius 2 is 1.91 bits per heavy atom. The molecule has 124 valence electrons. The predicted octanol–water partition coefficient (Wildman–Crippen LogP) is 1.80. The van der Waals surface area contributed by atoms with Crippen LogP contribution in [0.2, 0.25) is 0 Å². The van der Waals surface area contributed by atoms with E-state index in [-0.39, 0.29) is 18.1 Å². The molecule has 0 aromatic heterocycles. The van der Waals surface area contributed by atoms with E-state index in [9.17, 15) is 9.59 Å². The summed E-state index contributed by atoms with van der Waals surface area (Å²) in [5, 5.41) is 0. The maximum atomic E-state index is 12.5.